The topological polar surface area (TPSA) is 78.9 Å². The summed E-state index contributed by atoms with van der Waals surface area (Å²) in [6.07, 6.45) is 79.3. The molecule has 6 heteroatoms. The van der Waals surface area contributed by atoms with Gasteiger partial charge in [0.2, 0.25) is 0 Å². The SMILES string of the molecule is CC/C=C\C/C=C\C/C=C\C/C=C\CCCCCCC(=O)OC(COC(=O)CCCCCCCCCCC)COC(=O)CCCCCCCCCCCCCCCCCCC/C=C\C/C=C\CCCCCCC. The third kappa shape index (κ3) is 59.6. The minimum atomic E-state index is -0.785. The fourth-order valence-corrected chi connectivity index (χ4v) is 9.00. The second kappa shape index (κ2) is 61.4. The van der Waals surface area contributed by atoms with Gasteiger partial charge in [-0.15, -0.1) is 0 Å². The molecule has 0 saturated carbocycles. The van der Waals surface area contributed by atoms with Crippen molar-refractivity contribution in [3.05, 3.63) is 72.9 Å². The highest BCUT2D eigenvalue weighted by Crippen LogP contribution is 2.17. The van der Waals surface area contributed by atoms with E-state index in [4.69, 9.17) is 14.2 Å². The molecular formula is C67H118O6. The molecule has 0 aromatic carbocycles. The fourth-order valence-electron chi connectivity index (χ4n) is 9.00. The molecule has 422 valence electrons. The second-order valence-corrected chi connectivity index (χ2v) is 20.9. The summed E-state index contributed by atoms with van der Waals surface area (Å²) >= 11 is 0. The van der Waals surface area contributed by atoms with Crippen molar-refractivity contribution in [2.45, 2.75) is 322 Å². The number of hydrogen-bond donors (Lipinski definition) is 0. The van der Waals surface area contributed by atoms with Gasteiger partial charge in [0, 0.05) is 19.3 Å². The van der Waals surface area contributed by atoms with Gasteiger partial charge in [-0.25, -0.2) is 0 Å². The largest absolute Gasteiger partial charge is 0.462 e. The molecule has 0 radical (unpaired) electrons. The molecule has 0 amide bonds. The summed E-state index contributed by atoms with van der Waals surface area (Å²) in [4.78, 5) is 38.1. The zero-order valence-corrected chi connectivity index (χ0v) is 48.4. The van der Waals surface area contributed by atoms with Crippen molar-refractivity contribution in [2.75, 3.05) is 13.2 Å². The molecule has 6 nitrogen and oxygen atoms in total. The number of rotatable bonds is 57. The van der Waals surface area contributed by atoms with E-state index in [1.807, 2.05) is 0 Å². The lowest BCUT2D eigenvalue weighted by atomic mass is 10.0. The van der Waals surface area contributed by atoms with Crippen molar-refractivity contribution in [1.29, 1.82) is 0 Å². The van der Waals surface area contributed by atoms with Crippen LogP contribution in [0.3, 0.4) is 0 Å². The maximum Gasteiger partial charge on any atom is 0.306 e. The average Bonchev–Trinajstić information content (AvgIpc) is 3.39. The first-order chi connectivity index (χ1) is 36.0. The predicted molar refractivity (Wildman–Crippen MR) is 316 cm³/mol. The molecule has 0 bridgehead atoms. The lowest BCUT2D eigenvalue weighted by Crippen LogP contribution is -2.30. The summed E-state index contributed by atoms with van der Waals surface area (Å²) in [6, 6.07) is 0. The normalized spacial score (nSPS) is 12.5. The Labute approximate surface area is 453 Å². The van der Waals surface area contributed by atoms with Crippen molar-refractivity contribution >= 4 is 17.9 Å². The number of esters is 3. The molecule has 73 heavy (non-hydrogen) atoms. The minimum Gasteiger partial charge on any atom is -0.462 e. The fraction of sp³-hybridized carbons (Fsp3) is 0.776. The summed E-state index contributed by atoms with van der Waals surface area (Å²) in [5.41, 5.74) is 0. The highest BCUT2D eigenvalue weighted by molar-refractivity contribution is 5.71. The first-order valence-corrected chi connectivity index (χ1v) is 31.4. The van der Waals surface area contributed by atoms with Gasteiger partial charge in [0.15, 0.2) is 6.10 Å². The summed E-state index contributed by atoms with van der Waals surface area (Å²) in [7, 11) is 0. The molecule has 0 aliphatic heterocycles. The second-order valence-electron chi connectivity index (χ2n) is 20.9. The van der Waals surface area contributed by atoms with E-state index in [1.54, 1.807) is 0 Å². The summed E-state index contributed by atoms with van der Waals surface area (Å²) in [5.74, 6) is -0.897. The molecule has 0 saturated heterocycles. The van der Waals surface area contributed by atoms with Gasteiger partial charge in [0.25, 0.3) is 0 Å². The molecule has 0 aromatic heterocycles. The number of carbonyl (C=O) groups is 3. The Morgan fingerprint density at radius 1 is 0.288 bits per heavy atom. The van der Waals surface area contributed by atoms with Gasteiger partial charge >= 0.3 is 17.9 Å². The van der Waals surface area contributed by atoms with Gasteiger partial charge in [0.05, 0.1) is 0 Å². The van der Waals surface area contributed by atoms with Crippen molar-refractivity contribution < 1.29 is 28.6 Å². The van der Waals surface area contributed by atoms with Crippen LogP contribution in [-0.2, 0) is 28.6 Å². The van der Waals surface area contributed by atoms with Gasteiger partial charge in [-0.05, 0) is 89.9 Å². The Bertz CT molecular complexity index is 1360. The standard InChI is InChI=1S/C67H118O6/c1-4-7-10-13-16-19-21-23-25-27-28-29-30-31-32-33-34-35-36-37-38-40-41-43-45-48-51-54-57-60-66(69)72-63-64(62-71-65(68)59-56-53-50-47-18-15-12-9-6-3)73-67(70)61-58-55-52-49-46-44-42-39-26-24-22-20-17-14-11-8-5-2/h8,11,17,20-21,23-24,26-28,42,44,64H,4-7,9-10,12-16,18-19,22,25,29-41,43,45-63H2,1-3H3/b11-8-,20-17-,23-21-,26-24-,28-27-,44-42-. The Hall–Kier alpha value is -3.15. The van der Waals surface area contributed by atoms with E-state index >= 15 is 0 Å². The monoisotopic (exact) mass is 1020 g/mol. The number of carbonyl (C=O) groups excluding carboxylic acids is 3. The molecule has 1 atom stereocenters. The molecule has 1 unspecified atom stereocenters. The van der Waals surface area contributed by atoms with Gasteiger partial charge in [-0.1, -0.05) is 280 Å². The summed E-state index contributed by atoms with van der Waals surface area (Å²) in [5, 5.41) is 0. The van der Waals surface area contributed by atoms with Crippen molar-refractivity contribution in [3.63, 3.8) is 0 Å². The molecule has 0 spiro atoms. The van der Waals surface area contributed by atoms with Crippen LogP contribution in [-0.4, -0.2) is 37.2 Å². The van der Waals surface area contributed by atoms with Gasteiger partial charge in [-0.3, -0.25) is 14.4 Å². The van der Waals surface area contributed by atoms with Crippen LogP contribution in [0.1, 0.15) is 316 Å². The Kier molecular flexibility index (Phi) is 58.7. The molecule has 0 heterocycles. The van der Waals surface area contributed by atoms with Crippen molar-refractivity contribution in [1.82, 2.24) is 0 Å². The number of allylic oxidation sites excluding steroid dienone is 12. The van der Waals surface area contributed by atoms with Crippen molar-refractivity contribution in [2.24, 2.45) is 0 Å². The zero-order chi connectivity index (χ0) is 52.9. The lowest BCUT2D eigenvalue weighted by molar-refractivity contribution is -0.167. The van der Waals surface area contributed by atoms with Crippen LogP contribution in [0.4, 0.5) is 0 Å². The van der Waals surface area contributed by atoms with E-state index in [-0.39, 0.29) is 31.1 Å². The Balaban J connectivity index is 4.15. The van der Waals surface area contributed by atoms with E-state index in [1.165, 1.54) is 173 Å². The lowest BCUT2D eigenvalue weighted by Gasteiger charge is -2.18. The number of hydrogen-bond acceptors (Lipinski definition) is 6. The molecule has 0 fully saturated rings. The average molecular weight is 1020 g/mol. The first kappa shape index (κ1) is 69.8. The minimum absolute atomic E-state index is 0.0823. The third-order valence-corrected chi connectivity index (χ3v) is 13.7. The molecule has 0 aromatic rings. The number of unbranched alkanes of at least 4 members (excludes halogenated alkanes) is 34. The van der Waals surface area contributed by atoms with Crippen LogP contribution in [0.2, 0.25) is 0 Å². The maximum atomic E-state index is 12.8. The Morgan fingerprint density at radius 2 is 0.534 bits per heavy atom. The van der Waals surface area contributed by atoms with Crippen LogP contribution in [0, 0.1) is 0 Å². The van der Waals surface area contributed by atoms with Gasteiger partial charge in [0.1, 0.15) is 13.2 Å². The van der Waals surface area contributed by atoms with E-state index < -0.39 is 6.10 Å². The number of ether oxygens (including phenoxy) is 3. The van der Waals surface area contributed by atoms with E-state index in [0.717, 1.165) is 103 Å². The van der Waals surface area contributed by atoms with Crippen LogP contribution >= 0.6 is 0 Å². The zero-order valence-electron chi connectivity index (χ0n) is 48.4. The van der Waals surface area contributed by atoms with Crippen LogP contribution < -0.4 is 0 Å². The van der Waals surface area contributed by atoms with Crippen molar-refractivity contribution in [3.8, 4) is 0 Å². The molecular weight excluding hydrogens is 901 g/mol. The van der Waals surface area contributed by atoms with Crippen LogP contribution in [0.25, 0.3) is 0 Å². The van der Waals surface area contributed by atoms with Crippen LogP contribution in [0.15, 0.2) is 72.9 Å². The molecule has 0 N–H and O–H groups in total. The van der Waals surface area contributed by atoms with E-state index in [9.17, 15) is 14.4 Å². The van der Waals surface area contributed by atoms with Gasteiger partial charge in [-0.2, -0.15) is 0 Å². The predicted octanol–water partition coefficient (Wildman–Crippen LogP) is 21.3. The highest BCUT2D eigenvalue weighted by Gasteiger charge is 2.19. The quantitative estimate of drug-likeness (QED) is 0.0261. The maximum absolute atomic E-state index is 12.8. The van der Waals surface area contributed by atoms with Gasteiger partial charge < -0.3 is 14.2 Å². The molecule has 0 aliphatic carbocycles. The van der Waals surface area contributed by atoms with E-state index in [0.29, 0.717) is 19.3 Å². The smallest absolute Gasteiger partial charge is 0.306 e. The summed E-state index contributed by atoms with van der Waals surface area (Å²) < 4.78 is 16.8. The molecule has 0 rings (SSSR count). The first-order valence-electron chi connectivity index (χ1n) is 31.4. The third-order valence-electron chi connectivity index (χ3n) is 13.7. The van der Waals surface area contributed by atoms with Crippen LogP contribution in [0.5, 0.6) is 0 Å². The summed E-state index contributed by atoms with van der Waals surface area (Å²) in [6.45, 7) is 6.50. The Morgan fingerprint density at radius 3 is 0.836 bits per heavy atom. The van der Waals surface area contributed by atoms with E-state index in [2.05, 4.69) is 93.7 Å². The highest BCUT2D eigenvalue weighted by atomic mass is 16.6. The molecule has 0 aliphatic rings.